The van der Waals surface area contributed by atoms with E-state index in [4.69, 9.17) is 5.73 Å². The van der Waals surface area contributed by atoms with Gasteiger partial charge in [0, 0.05) is 18.7 Å². The molecule has 0 saturated carbocycles. The van der Waals surface area contributed by atoms with Crippen LogP contribution in [0.15, 0.2) is 53.5 Å². The lowest BCUT2D eigenvalue weighted by molar-refractivity contribution is -0.131. The molecule has 0 bridgehead atoms. The quantitative estimate of drug-likeness (QED) is 0.588. The predicted molar refractivity (Wildman–Crippen MR) is 122 cm³/mol. The number of nitrogens with one attached hydrogen (secondary N) is 2. The summed E-state index contributed by atoms with van der Waals surface area (Å²) in [6.45, 7) is 6.39. The normalized spacial score (nSPS) is 18.1. The number of benzene rings is 2. The maximum atomic E-state index is 14.7. The average molecular weight is 440 g/mol. The summed E-state index contributed by atoms with van der Waals surface area (Å²) in [6.07, 6.45) is 0.572. The van der Waals surface area contributed by atoms with Crippen molar-refractivity contribution in [2.45, 2.75) is 52.4 Å². The Hall–Kier alpha value is -3.42. The van der Waals surface area contributed by atoms with Crippen molar-refractivity contribution in [1.82, 2.24) is 15.5 Å². The van der Waals surface area contributed by atoms with E-state index < -0.39 is 11.4 Å². The zero-order valence-electron chi connectivity index (χ0n) is 18.7. The molecule has 1 unspecified atom stereocenters. The molecule has 0 aromatic heterocycles. The molecule has 1 aliphatic rings. The number of nitrogens with zero attached hydrogens (tertiary/aromatic N) is 2. The lowest BCUT2D eigenvalue weighted by Gasteiger charge is -2.23. The fourth-order valence-electron chi connectivity index (χ4n) is 3.86. The van der Waals surface area contributed by atoms with Crippen molar-refractivity contribution in [2.24, 2.45) is 16.6 Å². The van der Waals surface area contributed by atoms with Gasteiger partial charge in [-0.15, -0.1) is 0 Å². The van der Waals surface area contributed by atoms with Crippen LogP contribution in [-0.4, -0.2) is 28.3 Å². The summed E-state index contributed by atoms with van der Waals surface area (Å²) >= 11 is 0. The van der Waals surface area contributed by atoms with Crippen LogP contribution >= 0.6 is 0 Å². The Kier molecular flexibility index (Phi) is 7.12. The van der Waals surface area contributed by atoms with E-state index in [0.29, 0.717) is 24.1 Å². The van der Waals surface area contributed by atoms with Crippen molar-refractivity contribution in [1.29, 1.82) is 0 Å². The minimum Gasteiger partial charge on any atom is -0.369 e. The molecule has 4 N–H and O–H groups in total. The van der Waals surface area contributed by atoms with Gasteiger partial charge < -0.3 is 16.4 Å². The summed E-state index contributed by atoms with van der Waals surface area (Å²) in [4.78, 5) is 30.5. The van der Waals surface area contributed by atoms with Crippen LogP contribution in [0.4, 0.5) is 9.18 Å². The summed E-state index contributed by atoms with van der Waals surface area (Å²) in [7, 11) is 0. The molecule has 3 rings (SSSR count). The van der Waals surface area contributed by atoms with Gasteiger partial charge in [-0.1, -0.05) is 56.3 Å². The maximum absolute atomic E-state index is 14.7. The lowest BCUT2D eigenvalue weighted by Crippen LogP contribution is -2.43. The van der Waals surface area contributed by atoms with Gasteiger partial charge in [-0.05, 0) is 36.5 Å². The average Bonchev–Trinajstić information content (AvgIpc) is 2.95. The van der Waals surface area contributed by atoms with Crippen LogP contribution in [-0.2, 0) is 24.4 Å². The van der Waals surface area contributed by atoms with Crippen LogP contribution in [0.2, 0.25) is 0 Å². The first-order chi connectivity index (χ1) is 15.2. The van der Waals surface area contributed by atoms with Gasteiger partial charge in [0.25, 0.3) is 5.91 Å². The molecule has 0 radical (unpaired) electrons. The van der Waals surface area contributed by atoms with Crippen molar-refractivity contribution < 1.29 is 14.0 Å². The number of carbonyl (C=O) groups is 2. The fraction of sp³-hybridized carbons (Fsp3) is 0.375. The smallest absolute Gasteiger partial charge is 0.315 e. The summed E-state index contributed by atoms with van der Waals surface area (Å²) < 4.78 is 14.7. The van der Waals surface area contributed by atoms with E-state index in [1.807, 2.05) is 44.2 Å². The number of rotatable bonds is 8. The van der Waals surface area contributed by atoms with Crippen molar-refractivity contribution in [3.8, 4) is 0 Å². The van der Waals surface area contributed by atoms with E-state index in [2.05, 4.69) is 15.6 Å². The van der Waals surface area contributed by atoms with Gasteiger partial charge >= 0.3 is 6.03 Å². The standard InChI is InChI=1S/C24H30FN5O2/c1-16(2)12-24(3)21(31)30(22(26)29-24)15-19-10-9-18(11-20(19)25)14-28-23(32)27-13-17-7-5-4-6-8-17/h4-11,16H,12-15H2,1-3H3,(H2,26,29)(H2,27,28,32). The predicted octanol–water partition coefficient (Wildman–Crippen LogP) is 3.29. The largest absolute Gasteiger partial charge is 0.369 e. The molecule has 0 aliphatic carbocycles. The second-order valence-electron chi connectivity index (χ2n) is 8.68. The highest BCUT2D eigenvalue weighted by molar-refractivity contribution is 6.06. The highest BCUT2D eigenvalue weighted by Gasteiger charge is 2.44. The molecule has 0 spiro atoms. The van der Waals surface area contributed by atoms with Gasteiger partial charge in [0.2, 0.25) is 0 Å². The molecular formula is C24H30FN5O2. The number of carbonyl (C=O) groups excluding carboxylic acids is 2. The van der Waals surface area contributed by atoms with Crippen LogP contribution in [0.3, 0.4) is 0 Å². The van der Waals surface area contributed by atoms with Gasteiger partial charge in [-0.25, -0.2) is 14.2 Å². The number of urea groups is 1. The minimum absolute atomic E-state index is 0.0129. The van der Waals surface area contributed by atoms with Crippen LogP contribution in [0.5, 0.6) is 0 Å². The topological polar surface area (TPSA) is 99.8 Å². The second kappa shape index (κ2) is 9.80. The van der Waals surface area contributed by atoms with E-state index in [-0.39, 0.29) is 36.9 Å². The van der Waals surface area contributed by atoms with Gasteiger partial charge in [0.15, 0.2) is 5.96 Å². The molecule has 1 aliphatic heterocycles. The summed E-state index contributed by atoms with van der Waals surface area (Å²) in [5, 5.41) is 5.47. The zero-order chi connectivity index (χ0) is 23.3. The number of nitrogens with two attached hydrogens (primary N) is 1. The van der Waals surface area contributed by atoms with Gasteiger partial charge in [-0.2, -0.15) is 0 Å². The number of aliphatic imine (C=N–C) groups is 1. The van der Waals surface area contributed by atoms with E-state index in [1.165, 1.54) is 11.0 Å². The first kappa shape index (κ1) is 23.2. The van der Waals surface area contributed by atoms with Crippen LogP contribution in [0, 0.1) is 11.7 Å². The van der Waals surface area contributed by atoms with Gasteiger partial charge in [0.1, 0.15) is 11.4 Å². The first-order valence-corrected chi connectivity index (χ1v) is 10.7. The van der Waals surface area contributed by atoms with Gasteiger partial charge in [-0.3, -0.25) is 9.69 Å². The van der Waals surface area contributed by atoms with E-state index in [1.54, 1.807) is 19.1 Å². The third-order valence-electron chi connectivity index (χ3n) is 5.34. The number of halogens is 1. The fourth-order valence-corrected chi connectivity index (χ4v) is 3.86. The molecule has 1 heterocycles. The molecule has 32 heavy (non-hydrogen) atoms. The Balaban J connectivity index is 1.55. The Morgan fingerprint density at radius 2 is 1.78 bits per heavy atom. The summed E-state index contributed by atoms with van der Waals surface area (Å²) in [5.41, 5.74) is 7.00. The maximum Gasteiger partial charge on any atom is 0.315 e. The first-order valence-electron chi connectivity index (χ1n) is 10.7. The molecule has 7 nitrogen and oxygen atoms in total. The third kappa shape index (κ3) is 5.63. The molecule has 2 aromatic carbocycles. The lowest BCUT2D eigenvalue weighted by atomic mass is 9.91. The summed E-state index contributed by atoms with van der Waals surface area (Å²) in [6, 6.07) is 13.9. The molecule has 8 heteroatoms. The molecule has 1 atom stereocenters. The van der Waals surface area contributed by atoms with E-state index >= 15 is 0 Å². The molecule has 0 fully saturated rings. The minimum atomic E-state index is -0.911. The van der Waals surface area contributed by atoms with E-state index in [9.17, 15) is 14.0 Å². The number of hydrogen-bond acceptors (Lipinski definition) is 4. The van der Waals surface area contributed by atoms with Crippen molar-refractivity contribution in [3.63, 3.8) is 0 Å². The van der Waals surface area contributed by atoms with Crippen LogP contribution in [0.25, 0.3) is 0 Å². The third-order valence-corrected chi connectivity index (χ3v) is 5.34. The molecule has 170 valence electrons. The number of guanidine groups is 1. The van der Waals surface area contributed by atoms with Crippen molar-refractivity contribution in [2.75, 3.05) is 0 Å². The monoisotopic (exact) mass is 439 g/mol. The Morgan fingerprint density at radius 1 is 1.12 bits per heavy atom. The Morgan fingerprint density at radius 3 is 2.41 bits per heavy atom. The van der Waals surface area contributed by atoms with Crippen LogP contribution in [0.1, 0.15) is 43.9 Å². The number of hydrogen-bond donors (Lipinski definition) is 3. The highest BCUT2D eigenvalue weighted by atomic mass is 19.1. The second-order valence-corrected chi connectivity index (χ2v) is 8.68. The Bertz CT molecular complexity index is 1010. The van der Waals surface area contributed by atoms with Gasteiger partial charge in [0.05, 0.1) is 6.54 Å². The van der Waals surface area contributed by atoms with Crippen LogP contribution < -0.4 is 16.4 Å². The van der Waals surface area contributed by atoms with E-state index in [0.717, 1.165) is 5.56 Å². The zero-order valence-corrected chi connectivity index (χ0v) is 18.7. The summed E-state index contributed by atoms with van der Waals surface area (Å²) in [5.74, 6) is -0.303. The SMILES string of the molecule is CC(C)CC1(C)N=C(N)N(Cc2ccc(CNC(=O)NCc3ccccc3)cc2F)C1=O. The molecular weight excluding hydrogens is 409 g/mol. The molecule has 3 amide bonds. The van der Waals surface area contributed by atoms with Crippen molar-refractivity contribution >= 4 is 17.9 Å². The Labute approximate surface area is 187 Å². The highest BCUT2D eigenvalue weighted by Crippen LogP contribution is 2.29. The number of amides is 3. The molecule has 0 saturated heterocycles. The molecule has 2 aromatic rings. The van der Waals surface area contributed by atoms with Crippen molar-refractivity contribution in [3.05, 3.63) is 71.0 Å².